The molecule has 0 fully saturated rings. The molecule has 62 valence electrons. The highest BCUT2D eigenvalue weighted by Crippen LogP contribution is 1.79. The zero-order valence-corrected chi connectivity index (χ0v) is 6.40. The van der Waals surface area contributed by atoms with Gasteiger partial charge in [-0.15, -0.1) is 11.5 Å². The van der Waals surface area contributed by atoms with Gasteiger partial charge >= 0.3 is 0 Å². The molecule has 0 aliphatic heterocycles. The van der Waals surface area contributed by atoms with Crippen LogP contribution in [0.15, 0.2) is 12.4 Å². The van der Waals surface area contributed by atoms with Crippen molar-refractivity contribution in [2.45, 2.75) is 6.54 Å². The maximum Gasteiger partial charge on any atom is 0.242 e. The van der Waals surface area contributed by atoms with E-state index in [1.807, 2.05) is 0 Å². The van der Waals surface area contributed by atoms with Crippen molar-refractivity contribution in [2.24, 2.45) is 0 Å². The summed E-state index contributed by atoms with van der Waals surface area (Å²) in [5.41, 5.74) is 0. The van der Waals surface area contributed by atoms with Crippen molar-refractivity contribution in [3.05, 3.63) is 12.4 Å². The topological polar surface area (TPSA) is 59.8 Å². The minimum atomic E-state index is -0.168. The van der Waals surface area contributed by atoms with E-state index in [2.05, 4.69) is 21.5 Å². The normalized spacial score (nSPS) is 8.92. The molecule has 0 saturated heterocycles. The van der Waals surface area contributed by atoms with Crippen molar-refractivity contribution in [1.82, 2.24) is 20.3 Å². The molecule has 1 N–H and O–H groups in total. The Balaban J connectivity index is 2.33. The average Bonchev–Trinajstić information content (AvgIpc) is 2.53. The molecule has 12 heavy (non-hydrogen) atoms. The molecule has 5 heteroatoms. The number of nitrogens with one attached hydrogen (secondary N) is 1. The van der Waals surface area contributed by atoms with Crippen LogP contribution in [-0.2, 0) is 11.3 Å². The lowest BCUT2D eigenvalue weighted by molar-refractivity contribution is -0.121. The molecule has 0 atom stereocenters. The van der Waals surface area contributed by atoms with Crippen LogP contribution < -0.4 is 5.32 Å². The van der Waals surface area contributed by atoms with Crippen LogP contribution in [0.1, 0.15) is 0 Å². The predicted molar refractivity (Wildman–Crippen MR) is 41.9 cm³/mol. The monoisotopic (exact) mass is 164 g/mol. The van der Waals surface area contributed by atoms with Crippen LogP contribution >= 0.6 is 0 Å². The lowest BCUT2D eigenvalue weighted by Crippen LogP contribution is -2.27. The maximum atomic E-state index is 11.0. The maximum absolute atomic E-state index is 11.0. The van der Waals surface area contributed by atoms with E-state index >= 15 is 0 Å². The van der Waals surface area contributed by atoms with Crippen molar-refractivity contribution in [3.8, 4) is 12.3 Å². The summed E-state index contributed by atoms with van der Waals surface area (Å²) >= 11 is 0. The van der Waals surface area contributed by atoms with E-state index in [1.165, 1.54) is 10.9 Å². The summed E-state index contributed by atoms with van der Waals surface area (Å²) in [7, 11) is 0. The van der Waals surface area contributed by atoms with Gasteiger partial charge in [0, 0.05) is 6.20 Å². The van der Waals surface area contributed by atoms with Gasteiger partial charge in [0.2, 0.25) is 5.91 Å². The fourth-order valence-corrected chi connectivity index (χ4v) is 0.670. The first-order chi connectivity index (χ1) is 5.83. The summed E-state index contributed by atoms with van der Waals surface area (Å²) < 4.78 is 1.42. The third-order valence-electron chi connectivity index (χ3n) is 1.17. The van der Waals surface area contributed by atoms with Gasteiger partial charge in [-0.25, -0.2) is 4.68 Å². The first-order valence-corrected chi connectivity index (χ1v) is 3.37. The second-order valence-corrected chi connectivity index (χ2v) is 2.08. The highest BCUT2D eigenvalue weighted by atomic mass is 16.2. The zero-order valence-electron chi connectivity index (χ0n) is 6.40. The quantitative estimate of drug-likeness (QED) is 0.584. The van der Waals surface area contributed by atoms with E-state index in [0.717, 1.165) is 0 Å². The molecule has 1 amide bonds. The Labute approximate surface area is 69.8 Å². The van der Waals surface area contributed by atoms with Gasteiger partial charge in [0.05, 0.1) is 12.7 Å². The Morgan fingerprint density at radius 3 is 3.17 bits per heavy atom. The first-order valence-electron chi connectivity index (χ1n) is 3.37. The summed E-state index contributed by atoms with van der Waals surface area (Å²) in [6.07, 6.45) is 8.07. The first kappa shape index (κ1) is 8.27. The van der Waals surface area contributed by atoms with Gasteiger partial charge in [-0.05, 0) is 0 Å². The minimum absolute atomic E-state index is 0.154. The highest BCUT2D eigenvalue weighted by Gasteiger charge is 2.00. The molecule has 1 aromatic heterocycles. The van der Waals surface area contributed by atoms with E-state index in [4.69, 9.17) is 6.42 Å². The fourth-order valence-electron chi connectivity index (χ4n) is 0.670. The van der Waals surface area contributed by atoms with Gasteiger partial charge in [0.25, 0.3) is 0 Å². The lowest BCUT2D eigenvalue weighted by Gasteiger charge is -1.99. The average molecular weight is 164 g/mol. The fraction of sp³-hybridized carbons (Fsp3) is 0.286. The van der Waals surface area contributed by atoms with Crippen LogP contribution in [0.2, 0.25) is 0 Å². The van der Waals surface area contributed by atoms with Crippen LogP contribution in [0.4, 0.5) is 0 Å². The summed E-state index contributed by atoms with van der Waals surface area (Å²) in [4.78, 5) is 11.0. The number of hydrogen-bond donors (Lipinski definition) is 1. The number of nitrogens with zero attached hydrogens (tertiary/aromatic N) is 3. The third kappa shape index (κ3) is 2.42. The minimum Gasteiger partial charge on any atom is -0.344 e. The Kier molecular flexibility index (Phi) is 2.85. The SMILES string of the molecule is C#CCNC(=O)Cn1ccnn1. The van der Waals surface area contributed by atoms with Gasteiger partial charge in [-0.1, -0.05) is 11.1 Å². The molecule has 0 saturated carbocycles. The lowest BCUT2D eigenvalue weighted by atomic mass is 10.5. The number of aromatic nitrogens is 3. The van der Waals surface area contributed by atoms with E-state index in [1.54, 1.807) is 6.20 Å². The molecule has 0 aliphatic rings. The van der Waals surface area contributed by atoms with Gasteiger partial charge in [-0.3, -0.25) is 4.79 Å². The largest absolute Gasteiger partial charge is 0.344 e. The second kappa shape index (κ2) is 4.13. The molecule has 0 unspecified atom stereocenters. The summed E-state index contributed by atoms with van der Waals surface area (Å²) in [6, 6.07) is 0. The molecule has 0 radical (unpaired) electrons. The van der Waals surface area contributed by atoms with Crippen molar-refractivity contribution >= 4 is 5.91 Å². The van der Waals surface area contributed by atoms with E-state index in [9.17, 15) is 4.79 Å². The van der Waals surface area contributed by atoms with Crippen molar-refractivity contribution < 1.29 is 4.79 Å². The number of carbonyl (C=O) groups excluding carboxylic acids is 1. The van der Waals surface area contributed by atoms with Gasteiger partial charge in [0.1, 0.15) is 6.54 Å². The highest BCUT2D eigenvalue weighted by molar-refractivity contribution is 5.75. The van der Waals surface area contributed by atoms with Gasteiger partial charge in [0.15, 0.2) is 0 Å². The van der Waals surface area contributed by atoms with Crippen LogP contribution in [-0.4, -0.2) is 27.4 Å². The molecule has 1 rings (SSSR count). The van der Waals surface area contributed by atoms with Crippen molar-refractivity contribution in [1.29, 1.82) is 0 Å². The van der Waals surface area contributed by atoms with Crippen LogP contribution in [0.25, 0.3) is 0 Å². The number of amides is 1. The van der Waals surface area contributed by atoms with Gasteiger partial charge < -0.3 is 5.32 Å². The van der Waals surface area contributed by atoms with Crippen LogP contribution in [0.3, 0.4) is 0 Å². The molecule has 0 bridgehead atoms. The Hall–Kier alpha value is -1.83. The summed E-state index contributed by atoms with van der Waals surface area (Å²) in [5, 5.41) is 9.67. The molecule has 1 aromatic rings. The Morgan fingerprint density at radius 1 is 1.75 bits per heavy atom. The number of rotatable bonds is 3. The summed E-state index contributed by atoms with van der Waals surface area (Å²) in [6.45, 7) is 0.398. The van der Waals surface area contributed by atoms with Gasteiger partial charge in [-0.2, -0.15) is 0 Å². The zero-order chi connectivity index (χ0) is 8.81. The van der Waals surface area contributed by atoms with E-state index < -0.39 is 0 Å². The predicted octanol–water partition coefficient (Wildman–Crippen LogP) is -0.973. The Morgan fingerprint density at radius 2 is 2.58 bits per heavy atom. The van der Waals surface area contributed by atoms with E-state index in [0.29, 0.717) is 0 Å². The standard InChI is InChI=1S/C7H8N4O/c1-2-3-8-7(12)6-11-5-4-9-10-11/h1,4-5H,3,6H2,(H,8,12). The molecular formula is C7H8N4O. The molecular weight excluding hydrogens is 156 g/mol. The molecule has 0 spiro atoms. The molecule has 1 heterocycles. The van der Waals surface area contributed by atoms with Crippen molar-refractivity contribution in [2.75, 3.05) is 6.54 Å². The van der Waals surface area contributed by atoms with Crippen LogP contribution in [0, 0.1) is 12.3 Å². The molecule has 0 aliphatic carbocycles. The van der Waals surface area contributed by atoms with E-state index in [-0.39, 0.29) is 19.0 Å². The molecule has 0 aromatic carbocycles. The number of hydrogen-bond acceptors (Lipinski definition) is 3. The Bertz CT molecular complexity index is 285. The van der Waals surface area contributed by atoms with Crippen molar-refractivity contribution in [3.63, 3.8) is 0 Å². The summed E-state index contributed by atoms with van der Waals surface area (Å²) in [5.74, 6) is 2.13. The number of terminal acetylenes is 1. The van der Waals surface area contributed by atoms with Crippen LogP contribution in [0.5, 0.6) is 0 Å². The molecule has 5 nitrogen and oxygen atoms in total. The second-order valence-electron chi connectivity index (χ2n) is 2.08. The number of carbonyl (C=O) groups is 1. The third-order valence-corrected chi connectivity index (χ3v) is 1.17. The smallest absolute Gasteiger partial charge is 0.242 e.